The molecule has 2 amide bonds. The molecule has 0 aromatic heterocycles. The molecule has 1 aromatic carbocycles. The number of benzene rings is 1. The number of piperidine rings is 1. The first-order valence-electron chi connectivity index (χ1n) is 9.50. The van der Waals surface area contributed by atoms with E-state index >= 15 is 0 Å². The third kappa shape index (κ3) is 2.35. The Labute approximate surface area is 148 Å². The van der Waals surface area contributed by atoms with Gasteiger partial charge in [-0.05, 0) is 38.3 Å². The maximum atomic E-state index is 13.2. The Hall–Kier alpha value is -2.04. The second kappa shape index (κ2) is 6.04. The largest absolute Gasteiger partial charge is 0.467 e. The van der Waals surface area contributed by atoms with E-state index in [1.165, 1.54) is 0 Å². The zero-order valence-electron chi connectivity index (χ0n) is 15.0. The lowest BCUT2D eigenvalue weighted by atomic mass is 9.62. The van der Waals surface area contributed by atoms with Crippen molar-refractivity contribution < 1.29 is 14.3 Å². The number of amides is 2. The Morgan fingerprint density at radius 1 is 1.28 bits per heavy atom. The normalized spacial score (nSPS) is 32.7. The summed E-state index contributed by atoms with van der Waals surface area (Å²) in [4.78, 5) is 28.0. The van der Waals surface area contributed by atoms with Gasteiger partial charge in [-0.3, -0.25) is 9.59 Å². The van der Waals surface area contributed by atoms with Crippen LogP contribution in [0, 0.1) is 11.8 Å². The Morgan fingerprint density at radius 2 is 2.04 bits per heavy atom. The highest BCUT2D eigenvalue weighted by Gasteiger charge is 2.60. The maximum absolute atomic E-state index is 13.2. The predicted octanol–water partition coefficient (Wildman–Crippen LogP) is 2.66. The van der Waals surface area contributed by atoms with Crippen molar-refractivity contribution in [3.05, 3.63) is 29.8 Å². The van der Waals surface area contributed by atoms with Crippen LogP contribution in [0.5, 0.6) is 5.75 Å². The van der Waals surface area contributed by atoms with Gasteiger partial charge in [0.05, 0.1) is 0 Å². The molecule has 1 aromatic rings. The van der Waals surface area contributed by atoms with E-state index in [1.807, 2.05) is 38.1 Å². The quantitative estimate of drug-likeness (QED) is 0.859. The summed E-state index contributed by atoms with van der Waals surface area (Å²) in [6.07, 6.45) is 3.97. The van der Waals surface area contributed by atoms with Crippen LogP contribution in [0.15, 0.2) is 24.3 Å². The first kappa shape index (κ1) is 16.4. The van der Waals surface area contributed by atoms with E-state index < -0.39 is 11.6 Å². The van der Waals surface area contributed by atoms with E-state index in [2.05, 4.69) is 5.32 Å². The number of rotatable bonds is 3. The fourth-order valence-electron chi connectivity index (χ4n) is 5.07. The highest BCUT2D eigenvalue weighted by Crippen LogP contribution is 2.55. The van der Waals surface area contributed by atoms with E-state index in [0.717, 1.165) is 37.0 Å². The van der Waals surface area contributed by atoms with Gasteiger partial charge in [0.15, 0.2) is 5.72 Å². The summed E-state index contributed by atoms with van der Waals surface area (Å²) < 4.78 is 6.35. The summed E-state index contributed by atoms with van der Waals surface area (Å²) in [5.74, 6) is 0.0209. The van der Waals surface area contributed by atoms with Crippen LogP contribution in [-0.4, -0.2) is 35.5 Å². The van der Waals surface area contributed by atoms with Gasteiger partial charge in [-0.15, -0.1) is 0 Å². The van der Waals surface area contributed by atoms with Gasteiger partial charge in [0.2, 0.25) is 11.8 Å². The molecule has 5 nitrogen and oxygen atoms in total. The van der Waals surface area contributed by atoms with Crippen LogP contribution in [-0.2, 0) is 9.59 Å². The van der Waals surface area contributed by atoms with Crippen LogP contribution in [0.3, 0.4) is 0 Å². The summed E-state index contributed by atoms with van der Waals surface area (Å²) in [6, 6.07) is 7.92. The van der Waals surface area contributed by atoms with Gasteiger partial charge in [0, 0.05) is 31.3 Å². The molecule has 2 heterocycles. The molecular formula is C20H26N2O3. The number of fused-ring (bicyclic) bond motifs is 2. The lowest BCUT2D eigenvalue weighted by molar-refractivity contribution is -0.165. The average molecular weight is 342 g/mol. The highest BCUT2D eigenvalue weighted by molar-refractivity contribution is 6.02. The van der Waals surface area contributed by atoms with Crippen molar-refractivity contribution in [2.75, 3.05) is 13.1 Å². The second-order valence-electron chi connectivity index (χ2n) is 7.38. The van der Waals surface area contributed by atoms with Crippen LogP contribution in [0.1, 0.15) is 51.0 Å². The number of hydrogen-bond acceptors (Lipinski definition) is 3. The molecule has 1 N–H and O–H groups in total. The van der Waals surface area contributed by atoms with Gasteiger partial charge in [0.25, 0.3) is 0 Å². The summed E-state index contributed by atoms with van der Waals surface area (Å²) >= 11 is 0. The summed E-state index contributed by atoms with van der Waals surface area (Å²) in [6.45, 7) is 5.18. The van der Waals surface area contributed by atoms with Gasteiger partial charge in [-0.2, -0.15) is 0 Å². The number of nitrogens with zero attached hydrogens (tertiary/aromatic N) is 1. The summed E-state index contributed by atoms with van der Waals surface area (Å²) in [5, 5.41) is 3.13. The first-order valence-corrected chi connectivity index (χ1v) is 9.50. The molecule has 5 heteroatoms. The van der Waals surface area contributed by atoms with E-state index in [4.69, 9.17) is 4.74 Å². The van der Waals surface area contributed by atoms with E-state index in [0.29, 0.717) is 13.1 Å². The van der Waals surface area contributed by atoms with Crippen molar-refractivity contribution in [1.29, 1.82) is 0 Å². The molecule has 2 aliphatic heterocycles. The van der Waals surface area contributed by atoms with Crippen LogP contribution in [0.25, 0.3) is 0 Å². The van der Waals surface area contributed by atoms with Crippen molar-refractivity contribution in [3.8, 4) is 5.75 Å². The Bertz CT molecular complexity index is 700. The van der Waals surface area contributed by atoms with Crippen LogP contribution >= 0.6 is 0 Å². The number of hydrogen-bond donors (Lipinski definition) is 1. The fourth-order valence-corrected chi connectivity index (χ4v) is 5.07. The number of carbonyl (C=O) groups is 2. The molecule has 2 bridgehead atoms. The standard InChI is InChI=1S/C20H26N2O3/c1-3-22(4-2)19(24)17-16-13-9-5-6-11-15(13)25-20(21-18(17)23)12-8-7-10-14(16)20/h5-6,9,11,14,16-17H,3-4,7-8,10,12H2,1-2H3,(H,21,23)/t14-,16+,17+,20+/m1/s1. The third-order valence-electron chi connectivity index (χ3n) is 6.23. The van der Waals surface area contributed by atoms with Gasteiger partial charge >= 0.3 is 0 Å². The minimum atomic E-state index is -0.652. The van der Waals surface area contributed by atoms with Gasteiger partial charge in [-0.25, -0.2) is 0 Å². The lowest BCUT2D eigenvalue weighted by Crippen LogP contribution is -2.70. The highest BCUT2D eigenvalue weighted by atomic mass is 16.5. The zero-order valence-corrected chi connectivity index (χ0v) is 15.0. The molecule has 4 atom stereocenters. The number of para-hydroxylation sites is 1. The summed E-state index contributed by atoms with van der Waals surface area (Å²) in [7, 11) is 0. The second-order valence-corrected chi connectivity index (χ2v) is 7.38. The maximum Gasteiger partial charge on any atom is 0.236 e. The molecule has 0 unspecified atom stereocenters. The predicted molar refractivity (Wildman–Crippen MR) is 94.1 cm³/mol. The minimum Gasteiger partial charge on any atom is -0.467 e. The Kier molecular flexibility index (Phi) is 3.97. The van der Waals surface area contributed by atoms with Crippen LogP contribution in [0.4, 0.5) is 0 Å². The molecule has 3 aliphatic rings. The average Bonchev–Trinajstić information content (AvgIpc) is 2.61. The third-order valence-corrected chi connectivity index (χ3v) is 6.23. The fraction of sp³-hybridized carbons (Fsp3) is 0.600. The molecule has 2 fully saturated rings. The molecule has 1 saturated carbocycles. The van der Waals surface area contributed by atoms with Crippen molar-refractivity contribution in [2.24, 2.45) is 11.8 Å². The molecular weight excluding hydrogens is 316 g/mol. The summed E-state index contributed by atoms with van der Waals surface area (Å²) in [5.41, 5.74) is 0.388. The first-order chi connectivity index (χ1) is 12.1. The van der Waals surface area contributed by atoms with Gasteiger partial charge in [0.1, 0.15) is 11.7 Å². The van der Waals surface area contributed by atoms with E-state index in [9.17, 15) is 9.59 Å². The molecule has 4 rings (SSSR count). The molecule has 1 aliphatic carbocycles. The van der Waals surface area contributed by atoms with E-state index in [1.54, 1.807) is 4.90 Å². The molecule has 134 valence electrons. The zero-order chi connectivity index (χ0) is 17.6. The van der Waals surface area contributed by atoms with Crippen molar-refractivity contribution in [2.45, 2.75) is 51.2 Å². The molecule has 25 heavy (non-hydrogen) atoms. The minimum absolute atomic E-state index is 0.0524. The smallest absolute Gasteiger partial charge is 0.236 e. The molecule has 0 spiro atoms. The molecule has 1 saturated heterocycles. The lowest BCUT2D eigenvalue weighted by Gasteiger charge is -2.56. The Morgan fingerprint density at radius 3 is 2.80 bits per heavy atom. The van der Waals surface area contributed by atoms with Gasteiger partial charge < -0.3 is 15.0 Å². The van der Waals surface area contributed by atoms with Gasteiger partial charge in [-0.1, -0.05) is 24.6 Å². The Balaban J connectivity index is 1.83. The van der Waals surface area contributed by atoms with Crippen LogP contribution < -0.4 is 10.1 Å². The van der Waals surface area contributed by atoms with Crippen molar-refractivity contribution in [1.82, 2.24) is 10.2 Å². The van der Waals surface area contributed by atoms with Crippen molar-refractivity contribution >= 4 is 11.8 Å². The monoisotopic (exact) mass is 342 g/mol. The number of ether oxygens (including phenoxy) is 1. The van der Waals surface area contributed by atoms with Crippen molar-refractivity contribution in [3.63, 3.8) is 0 Å². The topological polar surface area (TPSA) is 58.6 Å². The molecule has 0 radical (unpaired) electrons. The number of carbonyl (C=O) groups excluding carboxylic acids is 2. The van der Waals surface area contributed by atoms with E-state index in [-0.39, 0.29) is 23.7 Å². The number of nitrogens with one attached hydrogen (secondary N) is 1. The van der Waals surface area contributed by atoms with Crippen LogP contribution in [0.2, 0.25) is 0 Å². The SMILES string of the molecule is CCN(CC)C(=O)[C@@H]1C(=O)N[C@]23CCCC[C@@H]2[C@@H]1c1ccccc1O3.